The van der Waals surface area contributed by atoms with Gasteiger partial charge in [0.15, 0.2) is 0 Å². The predicted molar refractivity (Wildman–Crippen MR) is 91.0 cm³/mol. The molecule has 1 aromatic rings. The van der Waals surface area contributed by atoms with Crippen LogP contribution in [0.25, 0.3) is 0 Å². The van der Waals surface area contributed by atoms with Gasteiger partial charge in [0.05, 0.1) is 18.4 Å². The Morgan fingerprint density at radius 2 is 2.00 bits per heavy atom. The van der Waals surface area contributed by atoms with Crippen molar-refractivity contribution in [3.05, 3.63) is 35.4 Å². The van der Waals surface area contributed by atoms with E-state index in [9.17, 15) is 8.42 Å². The summed E-state index contributed by atoms with van der Waals surface area (Å²) in [6.07, 6.45) is 0.985. The Kier molecular flexibility index (Phi) is 7.79. The first-order chi connectivity index (χ1) is 10.1. The zero-order valence-corrected chi connectivity index (χ0v) is 14.8. The number of nitrogens with zero attached hydrogens (tertiary/aromatic N) is 1. The average molecular weight is 349 g/mol. The van der Waals surface area contributed by atoms with Gasteiger partial charge in [0.2, 0.25) is 10.0 Å². The molecule has 0 saturated carbocycles. The number of rotatable bonds is 6. The summed E-state index contributed by atoms with van der Waals surface area (Å²) in [6, 6.07) is 8.09. The number of hydrogen-bond donors (Lipinski definition) is 1. The lowest BCUT2D eigenvalue weighted by molar-refractivity contribution is 0.212. The lowest BCUT2D eigenvalue weighted by Gasteiger charge is -2.35. The molecule has 1 atom stereocenters. The molecule has 0 bridgehead atoms. The third-order valence-electron chi connectivity index (χ3n) is 3.87. The third kappa shape index (κ3) is 4.67. The number of piperazine rings is 1. The van der Waals surface area contributed by atoms with Gasteiger partial charge in [-0.05, 0) is 17.5 Å². The molecule has 2 rings (SSSR count). The first-order valence-corrected chi connectivity index (χ1v) is 8.97. The van der Waals surface area contributed by atoms with Crippen molar-refractivity contribution in [1.82, 2.24) is 9.62 Å². The summed E-state index contributed by atoms with van der Waals surface area (Å²) >= 11 is 0. The van der Waals surface area contributed by atoms with Crippen LogP contribution in [0.2, 0.25) is 0 Å². The van der Waals surface area contributed by atoms with Gasteiger partial charge in [-0.1, -0.05) is 31.2 Å². The van der Waals surface area contributed by atoms with Crippen molar-refractivity contribution in [2.75, 3.05) is 39.1 Å². The van der Waals surface area contributed by atoms with Gasteiger partial charge in [-0.3, -0.25) is 0 Å². The molecule has 0 aliphatic carbocycles. The smallest absolute Gasteiger partial charge is 0.217 e. The van der Waals surface area contributed by atoms with Crippen molar-refractivity contribution in [3.63, 3.8) is 0 Å². The number of halogens is 1. The van der Waals surface area contributed by atoms with Crippen LogP contribution in [0.5, 0.6) is 0 Å². The molecule has 0 spiro atoms. The van der Waals surface area contributed by atoms with Gasteiger partial charge in [0.25, 0.3) is 0 Å². The molecular formula is C15H25ClN2O3S. The first-order valence-electron chi connectivity index (χ1n) is 7.36. The number of methoxy groups -OCH3 is 1. The molecule has 22 heavy (non-hydrogen) atoms. The largest absolute Gasteiger partial charge is 0.384 e. The van der Waals surface area contributed by atoms with Crippen LogP contribution >= 0.6 is 12.4 Å². The van der Waals surface area contributed by atoms with Crippen molar-refractivity contribution in [3.8, 4) is 0 Å². The number of nitrogens with one attached hydrogen (secondary N) is 1. The van der Waals surface area contributed by atoms with Gasteiger partial charge in [-0.15, -0.1) is 12.4 Å². The summed E-state index contributed by atoms with van der Waals surface area (Å²) < 4.78 is 31.5. The third-order valence-corrected chi connectivity index (χ3v) is 5.70. The normalized spacial score (nSPS) is 19.6. The van der Waals surface area contributed by atoms with Crippen LogP contribution in [0.3, 0.4) is 0 Å². The Hall–Kier alpha value is -0.660. The summed E-state index contributed by atoms with van der Waals surface area (Å²) in [5.74, 6) is 0.0348. The Morgan fingerprint density at radius 3 is 2.59 bits per heavy atom. The standard InChI is InChI=1S/C15H24N2O3S.ClH/c1-3-13-4-6-14(7-5-13)15-12-16-8-9-17(15)21(18,19)11-10-20-2;/h4-7,15-16H,3,8-12H2,1-2H3;1H. The fourth-order valence-electron chi connectivity index (χ4n) is 2.58. The van der Waals surface area contributed by atoms with E-state index in [1.807, 2.05) is 12.1 Å². The molecule has 1 saturated heterocycles. The predicted octanol–water partition coefficient (Wildman–Crippen LogP) is 1.59. The molecule has 1 aliphatic heterocycles. The molecule has 1 aromatic carbocycles. The fourth-order valence-corrected chi connectivity index (χ4v) is 4.15. The van der Waals surface area contributed by atoms with E-state index in [0.29, 0.717) is 19.6 Å². The van der Waals surface area contributed by atoms with Crippen LogP contribution in [0.1, 0.15) is 24.1 Å². The van der Waals surface area contributed by atoms with E-state index in [2.05, 4.69) is 24.4 Å². The zero-order valence-electron chi connectivity index (χ0n) is 13.1. The second-order valence-electron chi connectivity index (χ2n) is 5.23. The quantitative estimate of drug-likeness (QED) is 0.848. The summed E-state index contributed by atoms with van der Waals surface area (Å²) in [5.41, 5.74) is 2.30. The van der Waals surface area contributed by atoms with E-state index in [4.69, 9.17) is 4.74 Å². The maximum absolute atomic E-state index is 12.5. The van der Waals surface area contributed by atoms with Crippen molar-refractivity contribution >= 4 is 22.4 Å². The highest BCUT2D eigenvalue weighted by atomic mass is 35.5. The van der Waals surface area contributed by atoms with Crippen LogP contribution in [0, 0.1) is 0 Å². The lowest BCUT2D eigenvalue weighted by atomic mass is 10.0. The van der Waals surface area contributed by atoms with Crippen LogP contribution in [0.15, 0.2) is 24.3 Å². The highest BCUT2D eigenvalue weighted by Gasteiger charge is 2.32. The zero-order chi connectivity index (χ0) is 15.3. The van der Waals surface area contributed by atoms with Crippen molar-refractivity contribution < 1.29 is 13.2 Å². The molecule has 1 aliphatic rings. The molecule has 7 heteroatoms. The maximum atomic E-state index is 12.5. The summed E-state index contributed by atoms with van der Waals surface area (Å²) in [7, 11) is -1.77. The molecule has 126 valence electrons. The molecule has 0 radical (unpaired) electrons. The minimum Gasteiger partial charge on any atom is -0.384 e. The van der Waals surface area contributed by atoms with Gasteiger partial charge in [0.1, 0.15) is 0 Å². The highest BCUT2D eigenvalue weighted by Crippen LogP contribution is 2.25. The molecule has 1 fully saturated rings. The Labute approximate surface area is 139 Å². The van der Waals surface area contributed by atoms with Gasteiger partial charge < -0.3 is 10.1 Å². The second kappa shape index (κ2) is 8.84. The number of aryl methyl sites for hydroxylation is 1. The van der Waals surface area contributed by atoms with E-state index in [1.165, 1.54) is 12.7 Å². The van der Waals surface area contributed by atoms with Gasteiger partial charge in [0, 0.05) is 26.7 Å². The average Bonchev–Trinajstić information content (AvgIpc) is 2.53. The molecule has 1 unspecified atom stereocenters. The van der Waals surface area contributed by atoms with Gasteiger partial charge in [-0.25, -0.2) is 8.42 Å². The van der Waals surface area contributed by atoms with Crippen LogP contribution in [-0.2, 0) is 21.2 Å². The molecule has 1 N–H and O–H groups in total. The Morgan fingerprint density at radius 1 is 1.32 bits per heavy atom. The van der Waals surface area contributed by atoms with Crippen molar-refractivity contribution in [2.45, 2.75) is 19.4 Å². The summed E-state index contributed by atoms with van der Waals surface area (Å²) in [5, 5.41) is 3.28. The lowest BCUT2D eigenvalue weighted by Crippen LogP contribution is -2.49. The molecular weight excluding hydrogens is 324 g/mol. The summed E-state index contributed by atoms with van der Waals surface area (Å²) in [6.45, 7) is 4.19. The van der Waals surface area contributed by atoms with Crippen LogP contribution in [-0.4, -0.2) is 51.8 Å². The SMILES string of the molecule is CCc1ccc(C2CNCCN2S(=O)(=O)CCOC)cc1.Cl. The fraction of sp³-hybridized carbons (Fsp3) is 0.600. The minimum absolute atomic E-state index is 0. The van der Waals surface area contributed by atoms with Gasteiger partial charge >= 0.3 is 0 Å². The monoisotopic (exact) mass is 348 g/mol. The Bertz CT molecular complexity index is 548. The van der Waals surface area contributed by atoms with Crippen molar-refractivity contribution in [2.24, 2.45) is 0 Å². The van der Waals surface area contributed by atoms with E-state index in [1.54, 1.807) is 4.31 Å². The second-order valence-corrected chi connectivity index (χ2v) is 7.28. The Balaban J connectivity index is 0.00000242. The molecule has 5 nitrogen and oxygen atoms in total. The number of benzene rings is 1. The van der Waals surface area contributed by atoms with E-state index < -0.39 is 10.0 Å². The molecule has 1 heterocycles. The number of hydrogen-bond acceptors (Lipinski definition) is 4. The highest BCUT2D eigenvalue weighted by molar-refractivity contribution is 7.89. The van der Waals surface area contributed by atoms with E-state index >= 15 is 0 Å². The number of sulfonamides is 1. The van der Waals surface area contributed by atoms with Crippen LogP contribution in [0.4, 0.5) is 0 Å². The van der Waals surface area contributed by atoms with E-state index in [-0.39, 0.29) is 30.8 Å². The number of ether oxygens (including phenoxy) is 1. The molecule has 0 amide bonds. The van der Waals surface area contributed by atoms with E-state index in [0.717, 1.165) is 12.0 Å². The summed E-state index contributed by atoms with van der Waals surface area (Å²) in [4.78, 5) is 0. The van der Waals surface area contributed by atoms with Gasteiger partial charge in [-0.2, -0.15) is 4.31 Å². The first kappa shape index (κ1) is 19.4. The van der Waals surface area contributed by atoms with Crippen LogP contribution < -0.4 is 5.32 Å². The minimum atomic E-state index is -3.29. The van der Waals surface area contributed by atoms with Crippen molar-refractivity contribution in [1.29, 1.82) is 0 Å². The maximum Gasteiger partial charge on any atom is 0.217 e. The molecule has 0 aromatic heterocycles. The topological polar surface area (TPSA) is 58.6 Å².